The van der Waals surface area contributed by atoms with Crippen molar-refractivity contribution in [3.05, 3.63) is 46.7 Å². The highest BCUT2D eigenvalue weighted by molar-refractivity contribution is 6.30. The summed E-state index contributed by atoms with van der Waals surface area (Å²) in [5, 5.41) is 14.8. The second kappa shape index (κ2) is 7.20. The Morgan fingerprint density at radius 2 is 1.75 bits per heavy atom. The van der Waals surface area contributed by atoms with Gasteiger partial charge < -0.3 is 5.32 Å². The molecule has 8 nitrogen and oxygen atoms in total. The van der Waals surface area contributed by atoms with Crippen LogP contribution in [-0.4, -0.2) is 36.5 Å². The van der Waals surface area contributed by atoms with E-state index in [1.807, 2.05) is 56.1 Å². The van der Waals surface area contributed by atoms with Gasteiger partial charge in [-0.3, -0.25) is 0 Å². The molecule has 0 amide bonds. The van der Waals surface area contributed by atoms with Crippen molar-refractivity contribution < 1.29 is 0 Å². The summed E-state index contributed by atoms with van der Waals surface area (Å²) < 4.78 is 1.71. The third-order valence-electron chi connectivity index (χ3n) is 4.40. The van der Waals surface area contributed by atoms with Gasteiger partial charge in [-0.1, -0.05) is 11.6 Å². The zero-order chi connectivity index (χ0) is 19.8. The van der Waals surface area contributed by atoms with Gasteiger partial charge in [-0.2, -0.15) is 25.2 Å². The number of aromatic nitrogens is 5. The minimum absolute atomic E-state index is 0.180. The van der Waals surface area contributed by atoms with Gasteiger partial charge in [0.25, 0.3) is 11.9 Å². The van der Waals surface area contributed by atoms with E-state index in [0.717, 1.165) is 29.2 Å². The molecule has 3 aromatic rings. The van der Waals surface area contributed by atoms with Crippen molar-refractivity contribution in [1.29, 1.82) is 0 Å². The Balaban J connectivity index is 1.78. The monoisotopic (exact) mass is 396 g/mol. The summed E-state index contributed by atoms with van der Waals surface area (Å²) in [6, 6.07) is 9.52. The smallest absolute Gasteiger partial charge is 0.257 e. The molecular formula is C19H21ClN8. The first-order valence-electron chi connectivity index (χ1n) is 9.04. The molecule has 28 heavy (non-hydrogen) atoms. The maximum atomic E-state index is 5.98. The number of hydrogen-bond acceptors (Lipinski definition) is 7. The lowest BCUT2D eigenvalue weighted by atomic mass is 10.2. The first-order chi connectivity index (χ1) is 13.4. The lowest BCUT2D eigenvalue weighted by Gasteiger charge is -2.19. The molecule has 1 aliphatic rings. The fourth-order valence-electron chi connectivity index (χ4n) is 3.18. The van der Waals surface area contributed by atoms with E-state index in [-0.39, 0.29) is 6.04 Å². The number of aryl methyl sites for hydroxylation is 2. The predicted octanol–water partition coefficient (Wildman–Crippen LogP) is 4.05. The highest BCUT2D eigenvalue weighted by atomic mass is 35.5. The summed E-state index contributed by atoms with van der Waals surface area (Å²) in [7, 11) is 0. The van der Waals surface area contributed by atoms with Crippen LogP contribution >= 0.6 is 11.6 Å². The van der Waals surface area contributed by atoms with Crippen LogP contribution in [0.5, 0.6) is 0 Å². The van der Waals surface area contributed by atoms with Crippen LogP contribution < -0.4 is 10.3 Å². The summed E-state index contributed by atoms with van der Waals surface area (Å²) in [6.07, 6.45) is 0.876. The number of benzene rings is 1. The average molecular weight is 397 g/mol. The summed E-state index contributed by atoms with van der Waals surface area (Å²) in [6.45, 7) is 8.01. The van der Waals surface area contributed by atoms with Gasteiger partial charge in [0.2, 0.25) is 5.95 Å². The Morgan fingerprint density at radius 1 is 1.04 bits per heavy atom. The average Bonchev–Trinajstić information content (AvgIpc) is 3.17. The highest BCUT2D eigenvalue weighted by Crippen LogP contribution is 2.24. The summed E-state index contributed by atoms with van der Waals surface area (Å²) in [4.78, 5) is 13.8. The van der Waals surface area contributed by atoms with E-state index in [2.05, 4.69) is 37.4 Å². The molecule has 1 aromatic carbocycles. The van der Waals surface area contributed by atoms with Gasteiger partial charge in [0.15, 0.2) is 0 Å². The predicted molar refractivity (Wildman–Crippen MR) is 111 cm³/mol. The first kappa shape index (κ1) is 18.4. The zero-order valence-electron chi connectivity index (χ0n) is 16.2. The molecule has 4 rings (SSSR count). The van der Waals surface area contributed by atoms with E-state index in [0.29, 0.717) is 22.9 Å². The zero-order valence-corrected chi connectivity index (χ0v) is 16.9. The van der Waals surface area contributed by atoms with Gasteiger partial charge in [0, 0.05) is 28.5 Å². The van der Waals surface area contributed by atoms with E-state index in [1.165, 1.54) is 0 Å². The molecule has 0 saturated carbocycles. The Hall–Kier alpha value is -3.00. The van der Waals surface area contributed by atoms with Crippen molar-refractivity contribution in [2.24, 2.45) is 5.10 Å². The topological polar surface area (TPSA) is 84.1 Å². The molecule has 1 unspecified atom stereocenters. The van der Waals surface area contributed by atoms with Crippen LogP contribution in [0, 0.1) is 13.8 Å². The molecule has 1 aliphatic heterocycles. The second-order valence-corrected chi connectivity index (χ2v) is 7.40. The molecule has 0 fully saturated rings. The molecule has 2 aromatic heterocycles. The van der Waals surface area contributed by atoms with E-state index >= 15 is 0 Å². The number of nitrogens with one attached hydrogen (secondary N) is 1. The van der Waals surface area contributed by atoms with Crippen molar-refractivity contribution in [2.45, 2.75) is 40.2 Å². The molecular weight excluding hydrogens is 376 g/mol. The SMILES string of the molecule is CC1=NN(c2nc(Nc3ccc(Cl)cc3)nc(-n3nc(C)cc3C)n2)C(C)C1. The quantitative estimate of drug-likeness (QED) is 0.716. The fraction of sp³-hybridized carbons (Fsp3) is 0.316. The molecule has 1 atom stereocenters. The van der Waals surface area contributed by atoms with Crippen molar-refractivity contribution in [3.8, 4) is 5.95 Å². The lowest BCUT2D eigenvalue weighted by molar-refractivity contribution is 0.686. The Kier molecular flexibility index (Phi) is 4.72. The van der Waals surface area contributed by atoms with Gasteiger partial charge in [-0.05, 0) is 58.0 Å². The molecule has 0 spiro atoms. The summed E-state index contributed by atoms with van der Waals surface area (Å²) >= 11 is 5.98. The van der Waals surface area contributed by atoms with Gasteiger partial charge in [0.1, 0.15) is 0 Å². The van der Waals surface area contributed by atoms with Crippen molar-refractivity contribution in [2.75, 3.05) is 10.3 Å². The van der Waals surface area contributed by atoms with Crippen LogP contribution in [0.1, 0.15) is 31.7 Å². The summed E-state index contributed by atoms with van der Waals surface area (Å²) in [5.74, 6) is 1.35. The van der Waals surface area contributed by atoms with Crippen LogP contribution in [0.2, 0.25) is 5.02 Å². The maximum Gasteiger partial charge on any atom is 0.257 e. The number of rotatable bonds is 4. The number of hydrogen-bond donors (Lipinski definition) is 1. The van der Waals surface area contributed by atoms with Crippen LogP contribution in [-0.2, 0) is 0 Å². The molecule has 144 valence electrons. The minimum atomic E-state index is 0.180. The molecule has 9 heteroatoms. The van der Waals surface area contributed by atoms with E-state index in [1.54, 1.807) is 4.68 Å². The lowest BCUT2D eigenvalue weighted by Crippen LogP contribution is -2.26. The Labute approximate surface area is 168 Å². The van der Waals surface area contributed by atoms with Gasteiger partial charge in [-0.15, -0.1) is 0 Å². The van der Waals surface area contributed by atoms with Gasteiger partial charge >= 0.3 is 0 Å². The van der Waals surface area contributed by atoms with Crippen LogP contribution in [0.25, 0.3) is 5.95 Å². The standard InChI is InChI=1S/C19H21ClN8/c1-11-9-13(3)27(25-11)18-22-17(21-16-7-5-15(20)6-8-16)23-19(24-18)28-14(4)10-12(2)26-28/h5-9,14H,10H2,1-4H3,(H,21,22,23,24). The van der Waals surface area contributed by atoms with E-state index < -0.39 is 0 Å². The van der Waals surface area contributed by atoms with Crippen molar-refractivity contribution >= 4 is 34.9 Å². The number of hydrazone groups is 1. The van der Waals surface area contributed by atoms with Gasteiger partial charge in [0.05, 0.1) is 11.7 Å². The third-order valence-corrected chi connectivity index (χ3v) is 4.65. The van der Waals surface area contributed by atoms with Crippen molar-refractivity contribution in [1.82, 2.24) is 24.7 Å². The van der Waals surface area contributed by atoms with E-state index in [9.17, 15) is 0 Å². The maximum absolute atomic E-state index is 5.98. The highest BCUT2D eigenvalue weighted by Gasteiger charge is 2.25. The molecule has 3 heterocycles. The molecule has 0 radical (unpaired) electrons. The molecule has 1 N–H and O–H groups in total. The van der Waals surface area contributed by atoms with Crippen LogP contribution in [0.15, 0.2) is 35.4 Å². The second-order valence-electron chi connectivity index (χ2n) is 6.96. The minimum Gasteiger partial charge on any atom is -0.324 e. The van der Waals surface area contributed by atoms with Gasteiger partial charge in [-0.25, -0.2) is 9.69 Å². The fourth-order valence-corrected chi connectivity index (χ4v) is 3.31. The normalized spacial score (nSPS) is 16.4. The number of anilines is 3. The van der Waals surface area contributed by atoms with Crippen LogP contribution in [0.3, 0.4) is 0 Å². The van der Waals surface area contributed by atoms with Crippen LogP contribution in [0.4, 0.5) is 17.6 Å². The summed E-state index contributed by atoms with van der Waals surface area (Å²) in [5.41, 5.74) is 3.72. The number of halogens is 1. The number of nitrogens with zero attached hydrogens (tertiary/aromatic N) is 7. The Morgan fingerprint density at radius 3 is 2.36 bits per heavy atom. The largest absolute Gasteiger partial charge is 0.324 e. The van der Waals surface area contributed by atoms with Crippen molar-refractivity contribution in [3.63, 3.8) is 0 Å². The Bertz CT molecular complexity index is 1040. The molecule has 0 saturated heterocycles. The van der Waals surface area contributed by atoms with E-state index in [4.69, 9.17) is 11.6 Å². The molecule has 0 aliphatic carbocycles. The molecule has 0 bridgehead atoms. The first-order valence-corrected chi connectivity index (χ1v) is 9.42. The third kappa shape index (κ3) is 3.68.